The third kappa shape index (κ3) is 5.34. The van der Waals surface area contributed by atoms with Crippen molar-refractivity contribution in [1.29, 1.82) is 0 Å². The molecular weight excluding hydrogens is 251 g/mol. The summed E-state index contributed by atoms with van der Waals surface area (Å²) in [5, 5.41) is 2.97. The molecule has 0 saturated carbocycles. The molecule has 0 bridgehead atoms. The number of rotatable bonds is 0. The molecule has 0 saturated heterocycles. The second-order valence-corrected chi connectivity index (χ2v) is 6.02. The first kappa shape index (κ1) is 15.4. The van der Waals surface area contributed by atoms with Gasteiger partial charge in [0, 0.05) is 0 Å². The molecule has 2 aromatic rings. The molecule has 0 fully saturated rings. The Morgan fingerprint density at radius 1 is 0.867 bits per heavy atom. The maximum absolute atomic E-state index is 3.14. The molecule has 78 valence electrons. The van der Waals surface area contributed by atoms with Gasteiger partial charge in [0.05, 0.1) is 0 Å². The standard InChI is InChI=1S/2C6H8P.Sc.H/c2*1-5-3-4-7-6(5)2;;/h2*4,7H,1-2H3;;/q2*-1;+3;-1. The molecular formula is C12H17P2Sc. The fourth-order valence-electron chi connectivity index (χ4n) is 0.938. The summed E-state index contributed by atoms with van der Waals surface area (Å²) in [4.78, 5) is 0. The second kappa shape index (κ2) is 7.66. The van der Waals surface area contributed by atoms with Gasteiger partial charge in [-0.15, -0.1) is 13.8 Å². The monoisotopic (exact) mass is 268 g/mol. The quantitative estimate of drug-likeness (QED) is 0.622. The second-order valence-electron chi connectivity index (χ2n) is 3.37. The Hall–Kier alpha value is 0.430. The van der Waals surface area contributed by atoms with E-state index in [4.69, 9.17) is 0 Å². The van der Waals surface area contributed by atoms with Gasteiger partial charge in [-0.25, -0.2) is 39.6 Å². The molecule has 2 aromatic heterocycles. The van der Waals surface area contributed by atoms with Crippen molar-refractivity contribution in [2.45, 2.75) is 27.7 Å². The van der Waals surface area contributed by atoms with Crippen molar-refractivity contribution in [3.63, 3.8) is 0 Å². The van der Waals surface area contributed by atoms with Gasteiger partial charge in [-0.1, -0.05) is 13.8 Å². The van der Waals surface area contributed by atoms with Crippen LogP contribution in [0, 0.1) is 39.8 Å². The summed E-state index contributed by atoms with van der Waals surface area (Å²) in [5.74, 6) is 4.20. The van der Waals surface area contributed by atoms with Crippen molar-refractivity contribution in [3.8, 4) is 0 Å². The molecule has 0 aliphatic carbocycles. The summed E-state index contributed by atoms with van der Waals surface area (Å²) in [5.41, 5.74) is 2.66. The molecule has 2 atom stereocenters. The van der Waals surface area contributed by atoms with Crippen LogP contribution in [-0.2, 0) is 25.8 Å². The average molecular weight is 268 g/mol. The number of aryl methyl sites for hydroxylation is 4. The summed E-state index contributed by atoms with van der Waals surface area (Å²) in [6.45, 7) is 8.52. The molecule has 0 nitrogen and oxygen atoms in total. The van der Waals surface area contributed by atoms with Gasteiger partial charge in [0.1, 0.15) is 0 Å². The van der Waals surface area contributed by atoms with Crippen LogP contribution in [0.5, 0.6) is 0 Å². The van der Waals surface area contributed by atoms with E-state index in [2.05, 4.69) is 51.4 Å². The van der Waals surface area contributed by atoms with Gasteiger partial charge in [0.25, 0.3) is 0 Å². The SMILES string of the molecule is Cc1[c-]c[pH]c1C.Cc1[c-]c[pH]c1C.[H-].[Sc+3]. The number of hydrogen-bond donors (Lipinski definition) is 0. The molecule has 0 N–H and O–H groups in total. The Labute approximate surface area is 116 Å². The van der Waals surface area contributed by atoms with Crippen molar-refractivity contribution in [1.82, 2.24) is 0 Å². The Bertz CT molecular complexity index is 322. The van der Waals surface area contributed by atoms with Crippen LogP contribution in [0.4, 0.5) is 0 Å². The van der Waals surface area contributed by atoms with E-state index in [9.17, 15) is 0 Å². The molecule has 0 aliphatic rings. The van der Waals surface area contributed by atoms with E-state index in [1.807, 2.05) is 0 Å². The molecule has 0 aliphatic heterocycles. The van der Waals surface area contributed by atoms with Crippen LogP contribution in [0.1, 0.15) is 23.1 Å². The normalized spacial score (nSPS) is 9.87. The fourth-order valence-corrected chi connectivity index (χ4v) is 2.53. The first-order valence-corrected chi connectivity index (χ1v) is 6.81. The van der Waals surface area contributed by atoms with E-state index in [0.29, 0.717) is 0 Å². The van der Waals surface area contributed by atoms with Crippen molar-refractivity contribution < 1.29 is 27.3 Å². The van der Waals surface area contributed by atoms with E-state index in [1.165, 1.54) is 21.7 Å². The van der Waals surface area contributed by atoms with E-state index >= 15 is 0 Å². The molecule has 2 heterocycles. The first-order valence-electron chi connectivity index (χ1n) is 4.65. The van der Waals surface area contributed by atoms with E-state index < -0.39 is 0 Å². The zero-order valence-corrected chi connectivity index (χ0v) is 13.5. The smallest absolute Gasteiger partial charge is 1.00 e. The van der Waals surface area contributed by atoms with Crippen LogP contribution in [0.2, 0.25) is 0 Å². The van der Waals surface area contributed by atoms with Crippen molar-refractivity contribution in [3.05, 3.63) is 45.4 Å². The van der Waals surface area contributed by atoms with Gasteiger partial charge in [-0.2, -0.15) is 22.2 Å². The van der Waals surface area contributed by atoms with Gasteiger partial charge < -0.3 is 1.43 Å². The predicted molar refractivity (Wildman–Crippen MR) is 69.6 cm³/mol. The molecule has 15 heavy (non-hydrogen) atoms. The van der Waals surface area contributed by atoms with Crippen LogP contribution >= 0.6 is 16.4 Å². The molecule has 3 heteroatoms. The maximum atomic E-state index is 3.14. The summed E-state index contributed by atoms with van der Waals surface area (Å²) in [7, 11) is 1.81. The molecule has 0 spiro atoms. The largest absolute Gasteiger partial charge is 3.00 e. The van der Waals surface area contributed by atoms with Gasteiger partial charge >= 0.3 is 25.8 Å². The van der Waals surface area contributed by atoms with Crippen molar-refractivity contribution >= 4 is 16.4 Å². The third-order valence-corrected chi connectivity index (χ3v) is 4.47. The van der Waals surface area contributed by atoms with Crippen LogP contribution in [-0.4, -0.2) is 0 Å². The van der Waals surface area contributed by atoms with Crippen molar-refractivity contribution in [2.75, 3.05) is 0 Å². The first-order chi connectivity index (χ1) is 6.61. The zero-order chi connectivity index (χ0) is 10.6. The van der Waals surface area contributed by atoms with E-state index in [0.717, 1.165) is 16.4 Å². The summed E-state index contributed by atoms with van der Waals surface area (Å²) in [6, 6.07) is 6.27. The van der Waals surface area contributed by atoms with Crippen LogP contribution in [0.3, 0.4) is 0 Å². The Morgan fingerprint density at radius 2 is 1.20 bits per heavy atom. The average Bonchev–Trinajstić information content (AvgIpc) is 2.67. The van der Waals surface area contributed by atoms with Gasteiger partial charge in [0.2, 0.25) is 0 Å². The zero-order valence-electron chi connectivity index (χ0n) is 10.7. The molecule has 0 aromatic carbocycles. The fraction of sp³-hybridized carbons (Fsp3) is 0.333. The van der Waals surface area contributed by atoms with Crippen LogP contribution in [0.25, 0.3) is 0 Å². The van der Waals surface area contributed by atoms with Crippen LogP contribution < -0.4 is 0 Å². The predicted octanol–water partition coefficient (Wildman–Crippen LogP) is 4.38. The Balaban J connectivity index is 0. The van der Waals surface area contributed by atoms with Gasteiger partial charge in [-0.3, -0.25) is 0 Å². The minimum atomic E-state index is 0. The summed E-state index contributed by atoms with van der Waals surface area (Å²) < 4.78 is 0. The van der Waals surface area contributed by atoms with E-state index in [-0.39, 0.29) is 27.3 Å². The maximum Gasteiger partial charge on any atom is 3.00 e. The minimum Gasteiger partial charge on any atom is -1.00 e. The molecule has 0 radical (unpaired) electrons. The number of hydrogen-bond acceptors (Lipinski definition) is 0. The molecule has 2 rings (SSSR count). The third-order valence-electron chi connectivity index (χ3n) is 2.28. The summed E-state index contributed by atoms with van der Waals surface area (Å²) >= 11 is 0. The van der Waals surface area contributed by atoms with Crippen molar-refractivity contribution in [2.24, 2.45) is 0 Å². The van der Waals surface area contributed by atoms with Gasteiger partial charge in [0.15, 0.2) is 0 Å². The molecule has 0 amide bonds. The summed E-state index contributed by atoms with van der Waals surface area (Å²) in [6.07, 6.45) is 0. The van der Waals surface area contributed by atoms with Crippen LogP contribution in [0.15, 0.2) is 11.6 Å². The van der Waals surface area contributed by atoms with Gasteiger partial charge in [-0.05, 0) is 0 Å². The Kier molecular flexibility index (Phi) is 7.88. The topological polar surface area (TPSA) is 0 Å². The Morgan fingerprint density at radius 3 is 1.27 bits per heavy atom. The minimum absolute atomic E-state index is 0. The van der Waals surface area contributed by atoms with E-state index in [1.54, 1.807) is 0 Å². The molecule has 2 unspecified atom stereocenters.